The predicted octanol–water partition coefficient (Wildman–Crippen LogP) is 5.42. The summed E-state index contributed by atoms with van der Waals surface area (Å²) in [5, 5.41) is 3.04. The average Bonchev–Trinajstić information content (AvgIpc) is 3.21. The molecule has 0 saturated heterocycles. The van der Waals surface area contributed by atoms with Crippen LogP contribution in [-0.4, -0.2) is 35.7 Å². The lowest BCUT2D eigenvalue weighted by Crippen LogP contribution is -2.28. The van der Waals surface area contributed by atoms with E-state index in [0.29, 0.717) is 26.0 Å². The summed E-state index contributed by atoms with van der Waals surface area (Å²) in [6, 6.07) is 22.1. The molecule has 6 heteroatoms. The van der Waals surface area contributed by atoms with E-state index in [9.17, 15) is 4.79 Å². The number of unbranched alkanes of at least 4 members (excludes halogenated alkanes) is 1. The minimum atomic E-state index is 0.00589. The molecule has 1 heterocycles. The molecular formula is C30H35N3O3. The number of fused-ring (bicyclic) bond motifs is 1. The van der Waals surface area contributed by atoms with Crippen LogP contribution >= 0.6 is 0 Å². The number of ether oxygens (including phenoxy) is 2. The van der Waals surface area contributed by atoms with Crippen LogP contribution in [0.5, 0.6) is 11.5 Å². The van der Waals surface area contributed by atoms with Crippen LogP contribution in [0.1, 0.15) is 35.4 Å². The van der Waals surface area contributed by atoms with Gasteiger partial charge in [0, 0.05) is 19.5 Å². The van der Waals surface area contributed by atoms with Gasteiger partial charge >= 0.3 is 0 Å². The monoisotopic (exact) mass is 485 g/mol. The fourth-order valence-electron chi connectivity index (χ4n) is 4.45. The SMILES string of the molecule is COc1ccc(CC(=O)NCCc2nc3ccccc3n2CCCCOc2cc(C)cc(C)c2)cc1. The van der Waals surface area contributed by atoms with Crippen molar-refractivity contribution in [3.63, 3.8) is 0 Å². The molecule has 3 aromatic carbocycles. The molecule has 4 rings (SSSR count). The summed E-state index contributed by atoms with van der Waals surface area (Å²) in [6.07, 6.45) is 2.97. The average molecular weight is 486 g/mol. The van der Waals surface area contributed by atoms with Gasteiger partial charge in [-0.15, -0.1) is 0 Å². The van der Waals surface area contributed by atoms with Crippen molar-refractivity contribution in [3.8, 4) is 11.5 Å². The van der Waals surface area contributed by atoms with Gasteiger partial charge in [-0.2, -0.15) is 0 Å². The molecule has 4 aromatic rings. The lowest BCUT2D eigenvalue weighted by atomic mass is 10.1. The van der Waals surface area contributed by atoms with E-state index < -0.39 is 0 Å². The van der Waals surface area contributed by atoms with E-state index in [1.807, 2.05) is 42.5 Å². The van der Waals surface area contributed by atoms with E-state index in [2.05, 4.69) is 48.0 Å². The number of benzene rings is 3. The molecule has 0 aliphatic heterocycles. The summed E-state index contributed by atoms with van der Waals surface area (Å²) in [7, 11) is 1.63. The zero-order valence-electron chi connectivity index (χ0n) is 21.4. The molecule has 0 bridgehead atoms. The Balaban J connectivity index is 1.29. The van der Waals surface area contributed by atoms with Gasteiger partial charge in [0.25, 0.3) is 0 Å². The Morgan fingerprint density at radius 3 is 2.44 bits per heavy atom. The molecule has 0 unspecified atom stereocenters. The minimum Gasteiger partial charge on any atom is -0.497 e. The number of nitrogens with zero attached hydrogens (tertiary/aromatic N) is 2. The molecule has 1 N–H and O–H groups in total. The van der Waals surface area contributed by atoms with Gasteiger partial charge in [-0.3, -0.25) is 4.79 Å². The molecule has 0 aliphatic carbocycles. The van der Waals surface area contributed by atoms with E-state index in [1.54, 1.807) is 7.11 Å². The van der Waals surface area contributed by atoms with Crippen LogP contribution in [0.15, 0.2) is 66.7 Å². The fourth-order valence-corrected chi connectivity index (χ4v) is 4.45. The van der Waals surface area contributed by atoms with Crippen molar-refractivity contribution < 1.29 is 14.3 Å². The number of hydrogen-bond donors (Lipinski definition) is 1. The van der Waals surface area contributed by atoms with Gasteiger partial charge in [0.15, 0.2) is 0 Å². The first-order valence-electron chi connectivity index (χ1n) is 12.6. The van der Waals surface area contributed by atoms with E-state index >= 15 is 0 Å². The van der Waals surface area contributed by atoms with E-state index in [4.69, 9.17) is 14.5 Å². The number of carbonyl (C=O) groups excluding carboxylic acids is 1. The number of rotatable bonds is 12. The highest BCUT2D eigenvalue weighted by atomic mass is 16.5. The van der Waals surface area contributed by atoms with Crippen molar-refractivity contribution in [2.45, 2.75) is 46.1 Å². The zero-order valence-corrected chi connectivity index (χ0v) is 21.4. The maximum Gasteiger partial charge on any atom is 0.224 e. The zero-order chi connectivity index (χ0) is 25.3. The molecule has 0 radical (unpaired) electrons. The predicted molar refractivity (Wildman–Crippen MR) is 144 cm³/mol. The third kappa shape index (κ3) is 6.87. The molecule has 1 amide bonds. The second-order valence-corrected chi connectivity index (χ2v) is 9.17. The number of nitrogens with one attached hydrogen (secondary N) is 1. The van der Waals surface area contributed by atoms with Gasteiger partial charge in [-0.25, -0.2) is 4.98 Å². The smallest absolute Gasteiger partial charge is 0.224 e. The lowest BCUT2D eigenvalue weighted by molar-refractivity contribution is -0.120. The standard InChI is InChI=1S/C30H35N3O3/c1-22-18-23(2)20-26(19-22)36-17-7-6-16-33-28-9-5-4-8-27(28)32-29(33)14-15-31-30(34)21-24-10-12-25(35-3)13-11-24/h4-5,8-13,18-20H,6-7,14-17,21H2,1-3H3,(H,31,34). The number of aryl methyl sites for hydroxylation is 3. The number of imidazole rings is 1. The maximum absolute atomic E-state index is 12.4. The normalized spacial score (nSPS) is 11.0. The summed E-state index contributed by atoms with van der Waals surface area (Å²) in [6.45, 7) is 6.28. The van der Waals surface area contributed by atoms with E-state index in [-0.39, 0.29) is 5.91 Å². The largest absolute Gasteiger partial charge is 0.497 e. The topological polar surface area (TPSA) is 65.4 Å². The first-order valence-corrected chi connectivity index (χ1v) is 12.6. The summed E-state index contributed by atoms with van der Waals surface area (Å²) >= 11 is 0. The molecule has 6 nitrogen and oxygen atoms in total. The summed E-state index contributed by atoms with van der Waals surface area (Å²) in [5.74, 6) is 2.73. The van der Waals surface area contributed by atoms with Gasteiger partial charge in [0.1, 0.15) is 17.3 Å². The Morgan fingerprint density at radius 1 is 0.944 bits per heavy atom. The lowest BCUT2D eigenvalue weighted by Gasteiger charge is -2.11. The van der Waals surface area contributed by atoms with Crippen LogP contribution in [0.3, 0.4) is 0 Å². The summed E-state index contributed by atoms with van der Waals surface area (Å²) < 4.78 is 13.4. The number of amides is 1. The maximum atomic E-state index is 12.4. The number of para-hydroxylation sites is 2. The van der Waals surface area contributed by atoms with E-state index in [0.717, 1.165) is 53.3 Å². The fraction of sp³-hybridized carbons (Fsp3) is 0.333. The van der Waals surface area contributed by atoms with Crippen molar-refractivity contribution in [2.24, 2.45) is 0 Å². The molecule has 36 heavy (non-hydrogen) atoms. The summed E-state index contributed by atoms with van der Waals surface area (Å²) in [4.78, 5) is 17.3. The second-order valence-electron chi connectivity index (χ2n) is 9.17. The Morgan fingerprint density at radius 2 is 1.69 bits per heavy atom. The van der Waals surface area contributed by atoms with Crippen LogP contribution < -0.4 is 14.8 Å². The molecule has 0 aliphatic rings. The van der Waals surface area contributed by atoms with E-state index in [1.165, 1.54) is 11.1 Å². The van der Waals surface area contributed by atoms with Crippen LogP contribution in [-0.2, 0) is 24.2 Å². The van der Waals surface area contributed by atoms with Gasteiger partial charge in [-0.1, -0.05) is 30.3 Å². The van der Waals surface area contributed by atoms with Gasteiger partial charge < -0.3 is 19.4 Å². The quantitative estimate of drug-likeness (QED) is 0.272. The Bertz CT molecular complexity index is 1270. The molecule has 1 aromatic heterocycles. The minimum absolute atomic E-state index is 0.00589. The highest BCUT2D eigenvalue weighted by Gasteiger charge is 2.11. The van der Waals surface area contributed by atoms with Crippen molar-refractivity contribution in [2.75, 3.05) is 20.3 Å². The first-order chi connectivity index (χ1) is 17.5. The second kappa shape index (κ2) is 12.2. The molecular weight excluding hydrogens is 450 g/mol. The molecule has 0 spiro atoms. The van der Waals surface area contributed by atoms with Crippen molar-refractivity contribution in [1.29, 1.82) is 0 Å². The number of carbonyl (C=O) groups is 1. The highest BCUT2D eigenvalue weighted by molar-refractivity contribution is 5.78. The number of aromatic nitrogens is 2. The number of hydrogen-bond acceptors (Lipinski definition) is 4. The molecule has 0 fully saturated rings. The van der Waals surface area contributed by atoms with Crippen LogP contribution in [0, 0.1) is 13.8 Å². The summed E-state index contributed by atoms with van der Waals surface area (Å²) in [5.41, 5.74) is 5.52. The highest BCUT2D eigenvalue weighted by Crippen LogP contribution is 2.19. The molecule has 188 valence electrons. The third-order valence-electron chi connectivity index (χ3n) is 6.17. The molecule has 0 atom stereocenters. The first kappa shape index (κ1) is 25.3. The van der Waals surface area contributed by atoms with Crippen LogP contribution in [0.2, 0.25) is 0 Å². The van der Waals surface area contributed by atoms with Gasteiger partial charge in [0.05, 0.1) is 31.2 Å². The third-order valence-corrected chi connectivity index (χ3v) is 6.17. The van der Waals surface area contributed by atoms with Gasteiger partial charge in [-0.05, 0) is 79.8 Å². The van der Waals surface area contributed by atoms with Gasteiger partial charge in [0.2, 0.25) is 5.91 Å². The Hall–Kier alpha value is -3.80. The number of methoxy groups -OCH3 is 1. The van der Waals surface area contributed by atoms with Crippen molar-refractivity contribution in [1.82, 2.24) is 14.9 Å². The van der Waals surface area contributed by atoms with Crippen LogP contribution in [0.4, 0.5) is 0 Å². The Kier molecular flexibility index (Phi) is 8.61. The van der Waals surface area contributed by atoms with Crippen LogP contribution in [0.25, 0.3) is 11.0 Å². The van der Waals surface area contributed by atoms with Crippen molar-refractivity contribution in [3.05, 3.63) is 89.2 Å². The van der Waals surface area contributed by atoms with Crippen molar-refractivity contribution >= 4 is 16.9 Å². The Labute approximate surface area is 213 Å². The molecule has 0 saturated carbocycles.